The molecule has 0 bridgehead atoms. The Balaban J connectivity index is 1.96. The summed E-state index contributed by atoms with van der Waals surface area (Å²) in [4.78, 5) is 4.47. The summed E-state index contributed by atoms with van der Waals surface area (Å²) in [5.74, 6) is -0.221. The lowest BCUT2D eigenvalue weighted by Crippen LogP contribution is -2.46. The Kier molecular flexibility index (Phi) is 8.40. The van der Waals surface area contributed by atoms with Gasteiger partial charge < -0.3 is 19.9 Å². The lowest BCUT2D eigenvalue weighted by Gasteiger charge is -2.35. The van der Waals surface area contributed by atoms with E-state index in [0.717, 1.165) is 38.3 Å². The van der Waals surface area contributed by atoms with Crippen molar-refractivity contribution in [1.29, 1.82) is 0 Å². The minimum absolute atomic E-state index is 0.0791. The first-order valence-electron chi connectivity index (χ1n) is 9.31. The number of anilines is 1. The van der Waals surface area contributed by atoms with Crippen LogP contribution in [0.25, 0.3) is 0 Å². The van der Waals surface area contributed by atoms with Crippen molar-refractivity contribution in [1.82, 2.24) is 15.6 Å². The molecule has 1 saturated heterocycles. The van der Waals surface area contributed by atoms with E-state index in [1.807, 2.05) is 26.0 Å². The zero-order chi connectivity index (χ0) is 19.8. The third-order valence-corrected chi connectivity index (χ3v) is 4.85. The molecule has 1 aliphatic rings. The first-order valence-corrected chi connectivity index (χ1v) is 9.72. The predicted molar refractivity (Wildman–Crippen MR) is 113 cm³/mol. The Morgan fingerprint density at radius 3 is 2.63 bits per heavy atom. The number of likely N-dealkylation sites (N-methyl/N-ethyl adjacent to an activating group) is 1. The molecule has 150 valence electrons. The molecule has 2 rings (SSSR count). The maximum atomic E-state index is 14.6. The second kappa shape index (κ2) is 10.5. The Bertz CT molecular complexity index is 662. The molecule has 0 aliphatic carbocycles. The molecule has 1 fully saturated rings. The fourth-order valence-electron chi connectivity index (χ4n) is 3.04. The lowest BCUT2D eigenvalue weighted by molar-refractivity contribution is 0.179. The molecule has 2 N–H and O–H groups in total. The summed E-state index contributed by atoms with van der Waals surface area (Å²) in [6.45, 7) is 11.1. The molecule has 0 saturated carbocycles. The number of piperazine rings is 1. The van der Waals surface area contributed by atoms with Crippen LogP contribution in [0.5, 0.6) is 0 Å². The van der Waals surface area contributed by atoms with Gasteiger partial charge in [0.15, 0.2) is 5.11 Å². The van der Waals surface area contributed by atoms with Crippen molar-refractivity contribution in [3.8, 4) is 0 Å². The van der Waals surface area contributed by atoms with Gasteiger partial charge in [-0.15, -0.1) is 0 Å². The molecule has 1 aromatic rings. The van der Waals surface area contributed by atoms with Crippen LogP contribution in [0.1, 0.15) is 26.3 Å². The Labute approximate surface area is 166 Å². The standard InChI is InChI=1S/C19H30FN5OS/c1-5-24-8-10-25(11-9-24)18-7-6-16(12-17(18)20)15(3)22-23-19(27)21-14(2)13-26-4/h6-7,12,14H,5,8-11,13H2,1-4H3,(H2,21,23,27)/b22-15-/t14-/m1/s1. The van der Waals surface area contributed by atoms with Gasteiger partial charge in [0.2, 0.25) is 0 Å². The minimum Gasteiger partial charge on any atom is -0.383 e. The number of benzene rings is 1. The SMILES string of the molecule is CCN1CCN(c2ccc(/C(C)=N\NC(=S)N[C@H](C)COC)cc2F)CC1. The molecule has 1 heterocycles. The maximum absolute atomic E-state index is 14.6. The fourth-order valence-corrected chi connectivity index (χ4v) is 3.29. The quantitative estimate of drug-likeness (QED) is 0.419. The average molecular weight is 396 g/mol. The summed E-state index contributed by atoms with van der Waals surface area (Å²) >= 11 is 5.19. The second-order valence-electron chi connectivity index (χ2n) is 6.73. The van der Waals surface area contributed by atoms with Gasteiger partial charge in [0.25, 0.3) is 0 Å². The molecule has 1 atom stereocenters. The minimum atomic E-state index is -0.221. The summed E-state index contributed by atoms with van der Waals surface area (Å²) in [5, 5.41) is 7.72. The third-order valence-electron chi connectivity index (χ3n) is 4.64. The van der Waals surface area contributed by atoms with Crippen LogP contribution in [0.3, 0.4) is 0 Å². The van der Waals surface area contributed by atoms with Gasteiger partial charge in [-0.3, -0.25) is 5.43 Å². The van der Waals surface area contributed by atoms with E-state index in [9.17, 15) is 4.39 Å². The zero-order valence-corrected chi connectivity index (χ0v) is 17.4. The first kappa shape index (κ1) is 21.5. The summed E-state index contributed by atoms with van der Waals surface area (Å²) in [6.07, 6.45) is 0. The van der Waals surface area contributed by atoms with E-state index < -0.39 is 0 Å². The largest absolute Gasteiger partial charge is 0.383 e. The smallest absolute Gasteiger partial charge is 0.187 e. The van der Waals surface area contributed by atoms with E-state index in [2.05, 4.69) is 32.6 Å². The van der Waals surface area contributed by atoms with Gasteiger partial charge in [-0.25, -0.2) is 4.39 Å². The van der Waals surface area contributed by atoms with Crippen LogP contribution < -0.4 is 15.6 Å². The van der Waals surface area contributed by atoms with E-state index in [4.69, 9.17) is 17.0 Å². The van der Waals surface area contributed by atoms with E-state index in [1.54, 1.807) is 7.11 Å². The van der Waals surface area contributed by atoms with Crippen molar-refractivity contribution in [2.24, 2.45) is 5.10 Å². The molecule has 27 heavy (non-hydrogen) atoms. The van der Waals surface area contributed by atoms with Crippen molar-refractivity contribution in [2.45, 2.75) is 26.8 Å². The van der Waals surface area contributed by atoms with Crippen molar-refractivity contribution in [2.75, 3.05) is 51.3 Å². The van der Waals surface area contributed by atoms with Gasteiger partial charge >= 0.3 is 0 Å². The summed E-state index contributed by atoms with van der Waals surface area (Å²) < 4.78 is 19.7. The van der Waals surface area contributed by atoms with E-state index >= 15 is 0 Å². The van der Waals surface area contributed by atoms with Crippen LogP contribution in [-0.4, -0.2) is 68.2 Å². The lowest BCUT2D eigenvalue weighted by atomic mass is 10.1. The van der Waals surface area contributed by atoms with Crippen LogP contribution in [0, 0.1) is 5.82 Å². The number of hydrogen-bond donors (Lipinski definition) is 2. The van der Waals surface area contributed by atoms with Gasteiger partial charge in [-0.1, -0.05) is 13.0 Å². The average Bonchev–Trinajstić information content (AvgIpc) is 2.66. The Morgan fingerprint density at radius 2 is 2.04 bits per heavy atom. The molecule has 0 unspecified atom stereocenters. The Hall–Kier alpha value is -1.77. The van der Waals surface area contributed by atoms with Crippen LogP contribution >= 0.6 is 12.2 Å². The molecule has 8 heteroatoms. The third kappa shape index (κ3) is 6.41. The topological polar surface area (TPSA) is 52.1 Å². The summed E-state index contributed by atoms with van der Waals surface area (Å²) in [6, 6.07) is 5.35. The molecule has 0 spiro atoms. The number of nitrogens with zero attached hydrogens (tertiary/aromatic N) is 3. The van der Waals surface area contributed by atoms with Crippen molar-refractivity contribution < 1.29 is 9.13 Å². The van der Waals surface area contributed by atoms with E-state index in [1.165, 1.54) is 6.07 Å². The summed E-state index contributed by atoms with van der Waals surface area (Å²) in [5.41, 5.74) is 4.84. The number of hydrogen-bond acceptors (Lipinski definition) is 5. The number of methoxy groups -OCH3 is 1. The van der Waals surface area contributed by atoms with Crippen molar-refractivity contribution in [3.05, 3.63) is 29.6 Å². The van der Waals surface area contributed by atoms with Gasteiger partial charge in [-0.05, 0) is 44.7 Å². The number of thiocarbonyl (C=S) groups is 1. The maximum Gasteiger partial charge on any atom is 0.187 e. The molecule has 1 aliphatic heterocycles. The highest BCUT2D eigenvalue weighted by molar-refractivity contribution is 7.80. The monoisotopic (exact) mass is 395 g/mol. The molecule has 0 amide bonds. The number of halogens is 1. The Morgan fingerprint density at radius 1 is 1.33 bits per heavy atom. The van der Waals surface area contributed by atoms with Crippen LogP contribution in [0.2, 0.25) is 0 Å². The normalized spacial score (nSPS) is 16.9. The number of hydrazone groups is 1. The van der Waals surface area contributed by atoms with Crippen molar-refractivity contribution in [3.63, 3.8) is 0 Å². The molecule has 6 nitrogen and oxygen atoms in total. The molecular weight excluding hydrogens is 365 g/mol. The summed E-state index contributed by atoms with van der Waals surface area (Å²) in [7, 11) is 1.64. The first-order chi connectivity index (χ1) is 12.9. The van der Waals surface area contributed by atoms with Gasteiger partial charge in [0.1, 0.15) is 5.82 Å². The molecular formula is C19H30FN5OS. The zero-order valence-electron chi connectivity index (χ0n) is 16.6. The van der Waals surface area contributed by atoms with Crippen LogP contribution in [0.15, 0.2) is 23.3 Å². The van der Waals surface area contributed by atoms with E-state index in [-0.39, 0.29) is 11.9 Å². The van der Waals surface area contributed by atoms with Crippen LogP contribution in [0.4, 0.5) is 10.1 Å². The van der Waals surface area contributed by atoms with Gasteiger partial charge in [0.05, 0.1) is 18.0 Å². The van der Waals surface area contributed by atoms with Crippen molar-refractivity contribution >= 4 is 28.7 Å². The highest BCUT2D eigenvalue weighted by Crippen LogP contribution is 2.22. The predicted octanol–water partition coefficient (Wildman–Crippen LogP) is 2.19. The van der Waals surface area contributed by atoms with Crippen LogP contribution in [-0.2, 0) is 4.74 Å². The van der Waals surface area contributed by atoms with E-state index in [0.29, 0.717) is 23.1 Å². The molecule has 0 radical (unpaired) electrons. The number of ether oxygens (including phenoxy) is 1. The highest BCUT2D eigenvalue weighted by atomic mass is 32.1. The number of nitrogens with one attached hydrogen (secondary N) is 2. The highest BCUT2D eigenvalue weighted by Gasteiger charge is 2.18. The molecule has 1 aromatic carbocycles. The second-order valence-corrected chi connectivity index (χ2v) is 7.13. The number of rotatable bonds is 7. The van der Waals surface area contributed by atoms with Gasteiger partial charge in [-0.2, -0.15) is 5.10 Å². The fraction of sp³-hybridized carbons (Fsp3) is 0.579. The van der Waals surface area contributed by atoms with Gasteiger partial charge in [0, 0.05) is 44.9 Å². The molecule has 0 aromatic heterocycles.